The number of hydrogen-bond donors (Lipinski definition) is 0. The number of ether oxygens (including phenoxy) is 1. The van der Waals surface area contributed by atoms with Crippen molar-refractivity contribution in [2.24, 2.45) is 52.3 Å². The maximum absolute atomic E-state index is 12.0. The van der Waals surface area contributed by atoms with Crippen molar-refractivity contribution >= 4 is 6.29 Å². The molecule has 1 saturated heterocycles. The van der Waals surface area contributed by atoms with Crippen molar-refractivity contribution in [2.45, 2.75) is 73.6 Å². The molecule has 0 amide bonds. The Morgan fingerprint density at radius 2 is 1.81 bits per heavy atom. The molecule has 3 fully saturated rings. The van der Waals surface area contributed by atoms with Gasteiger partial charge in [-0.2, -0.15) is 0 Å². The third-order valence-electron chi connectivity index (χ3n) is 9.14. The average molecular weight is 525 g/mol. The summed E-state index contributed by atoms with van der Waals surface area (Å²) in [5.74, 6) is 4.23. The molecule has 0 aromatic heterocycles. The molecule has 2 radical (unpaired) electrons. The summed E-state index contributed by atoms with van der Waals surface area (Å²) in [6.07, 6.45) is 8.43. The molecule has 2 saturated carbocycles. The van der Waals surface area contributed by atoms with Crippen molar-refractivity contribution in [3.8, 4) is 0 Å². The summed E-state index contributed by atoms with van der Waals surface area (Å²) in [6.45, 7) is 16.6. The van der Waals surface area contributed by atoms with Gasteiger partial charge in [0.25, 0.3) is 0 Å². The Morgan fingerprint density at radius 1 is 1.15 bits per heavy atom. The van der Waals surface area contributed by atoms with Gasteiger partial charge in [0.1, 0.15) is 0 Å². The van der Waals surface area contributed by atoms with Crippen LogP contribution in [0.15, 0.2) is 0 Å². The van der Waals surface area contributed by atoms with E-state index < -0.39 is 0 Å². The molecule has 3 rings (SSSR count). The van der Waals surface area contributed by atoms with Crippen LogP contribution in [0.2, 0.25) is 0 Å². The fraction of sp³-hybridized carbons (Fsp3) is 0.957. The largest absolute Gasteiger partial charge is 0.541 e. The molecule has 0 bridgehead atoms. The van der Waals surface area contributed by atoms with Gasteiger partial charge in [-0.25, -0.2) is 0 Å². The molecule has 2 aliphatic carbocycles. The van der Waals surface area contributed by atoms with E-state index in [9.17, 15) is 4.79 Å². The van der Waals surface area contributed by atoms with Gasteiger partial charge in [-0.3, -0.25) is 6.29 Å². The van der Waals surface area contributed by atoms with E-state index in [-0.39, 0.29) is 76.8 Å². The molecule has 0 aromatic carbocycles. The zero-order valence-corrected chi connectivity index (χ0v) is 24.1. The Morgan fingerprint density at radius 3 is 2.37 bits per heavy atom. The topological polar surface area (TPSA) is 26.3 Å². The van der Waals surface area contributed by atoms with Crippen LogP contribution in [0.25, 0.3) is 0 Å². The molecule has 150 valence electrons. The monoisotopic (exact) mass is 525 g/mol. The van der Waals surface area contributed by atoms with Gasteiger partial charge in [-0.05, 0) is 72.0 Å². The molecular formula is C23H39O2Y2-. The van der Waals surface area contributed by atoms with Gasteiger partial charge in [-0.1, -0.05) is 48.0 Å². The van der Waals surface area contributed by atoms with Gasteiger partial charge in [-0.15, -0.1) is 5.92 Å². The molecule has 0 spiro atoms. The number of carbonyl (C=O) groups excluding carboxylic acids is 1. The minimum atomic E-state index is 0. The molecule has 0 aromatic rings. The second kappa shape index (κ2) is 10.4. The first-order chi connectivity index (χ1) is 11.7. The molecule has 27 heavy (non-hydrogen) atoms. The third-order valence-corrected chi connectivity index (χ3v) is 9.14. The molecule has 4 heteroatoms. The molecular weight excluding hydrogens is 486 g/mol. The molecule has 0 N–H and O–H groups in total. The Balaban J connectivity index is 0.00000182. The van der Waals surface area contributed by atoms with Crippen LogP contribution in [0.4, 0.5) is 0 Å². The summed E-state index contributed by atoms with van der Waals surface area (Å²) in [4.78, 5) is 12.0. The van der Waals surface area contributed by atoms with E-state index in [0.29, 0.717) is 29.1 Å². The Kier molecular flexibility index (Phi) is 10.4. The summed E-state index contributed by atoms with van der Waals surface area (Å²) in [6, 6.07) is 0. The number of fused-ring (bicyclic) bond motifs is 1. The van der Waals surface area contributed by atoms with Crippen LogP contribution >= 0.6 is 0 Å². The van der Waals surface area contributed by atoms with Crippen molar-refractivity contribution < 1.29 is 74.9 Å². The minimum absolute atomic E-state index is 0. The van der Waals surface area contributed by atoms with E-state index in [1.807, 2.05) is 0 Å². The van der Waals surface area contributed by atoms with Crippen LogP contribution in [0, 0.1) is 52.3 Å². The van der Waals surface area contributed by atoms with Gasteiger partial charge in [0.15, 0.2) is 0 Å². The van der Waals surface area contributed by atoms with Gasteiger partial charge < -0.3 is 9.53 Å². The zero-order chi connectivity index (χ0) is 18.4. The zero-order valence-electron chi connectivity index (χ0n) is 18.5. The molecule has 9 atom stereocenters. The van der Waals surface area contributed by atoms with Crippen molar-refractivity contribution in [1.82, 2.24) is 0 Å². The number of rotatable bonds is 4. The van der Waals surface area contributed by atoms with Crippen LogP contribution in [0.1, 0.15) is 73.6 Å². The first-order valence-corrected chi connectivity index (χ1v) is 10.7. The van der Waals surface area contributed by atoms with E-state index in [1.54, 1.807) is 0 Å². The molecule has 1 aliphatic heterocycles. The van der Waals surface area contributed by atoms with E-state index in [4.69, 9.17) is 4.74 Å². The standard InChI is InChI=1S/C23H39O2.2Y/c1-15-11-17(3)22(5)9-7-20(13-24)23(6,21(22)18(15)4)12-16(2)19-8-10-25-14-19;;/h15-21H,7-12,14H2,1-6H3;;/q-1;;/t15?,16?,17-,18?,19?,20-,21?,22+,23+;;/m1../s1. The number of hydrogen-bond acceptors (Lipinski definition) is 2. The minimum Gasteiger partial charge on any atom is -0.541 e. The van der Waals surface area contributed by atoms with Crippen molar-refractivity contribution in [3.05, 3.63) is 0 Å². The molecule has 1 heterocycles. The maximum Gasteiger partial charge on any atom is 0.0497 e. The fourth-order valence-corrected chi connectivity index (χ4v) is 7.36. The quantitative estimate of drug-likeness (QED) is 0.453. The summed E-state index contributed by atoms with van der Waals surface area (Å²) in [7, 11) is 0. The SMILES string of the molecule is CC(C[C@]1(C)C2C(C)C(C)C[C@@H](C)[C@]2(C)CC[C@@H]1[C-]=O)C1CCOC1.[Y].[Y]. The van der Waals surface area contributed by atoms with Gasteiger partial charge >= 0.3 is 0 Å². The van der Waals surface area contributed by atoms with Crippen molar-refractivity contribution in [3.63, 3.8) is 0 Å². The van der Waals surface area contributed by atoms with E-state index in [1.165, 1.54) is 19.3 Å². The van der Waals surface area contributed by atoms with Crippen LogP contribution in [-0.2, 0) is 74.9 Å². The van der Waals surface area contributed by atoms with Crippen molar-refractivity contribution in [1.29, 1.82) is 0 Å². The van der Waals surface area contributed by atoms with E-state index >= 15 is 0 Å². The van der Waals surface area contributed by atoms with Crippen molar-refractivity contribution in [2.75, 3.05) is 13.2 Å². The second-order valence-corrected chi connectivity index (χ2v) is 10.5. The second-order valence-electron chi connectivity index (χ2n) is 10.5. The van der Waals surface area contributed by atoms with Crippen LogP contribution in [0.5, 0.6) is 0 Å². The predicted molar refractivity (Wildman–Crippen MR) is 103 cm³/mol. The summed E-state index contributed by atoms with van der Waals surface area (Å²) in [5.41, 5.74) is 0.457. The third kappa shape index (κ3) is 4.86. The Labute approximate surface area is 218 Å². The normalized spacial score (nSPS) is 47.9. The molecule has 2 nitrogen and oxygen atoms in total. The van der Waals surface area contributed by atoms with Gasteiger partial charge in [0.2, 0.25) is 0 Å². The molecule has 5 unspecified atom stereocenters. The van der Waals surface area contributed by atoms with Gasteiger partial charge in [0.05, 0.1) is 0 Å². The predicted octanol–water partition coefficient (Wildman–Crippen LogP) is 5.50. The smallest absolute Gasteiger partial charge is 0.0497 e. The van der Waals surface area contributed by atoms with E-state index in [2.05, 4.69) is 47.8 Å². The van der Waals surface area contributed by atoms with Gasteiger partial charge in [0, 0.05) is 78.6 Å². The summed E-state index contributed by atoms with van der Waals surface area (Å²) in [5, 5.41) is 0. The Bertz CT molecular complexity index is 493. The maximum atomic E-state index is 12.0. The summed E-state index contributed by atoms with van der Waals surface area (Å²) >= 11 is 0. The van der Waals surface area contributed by atoms with Crippen LogP contribution in [0.3, 0.4) is 0 Å². The van der Waals surface area contributed by atoms with Crippen LogP contribution in [-0.4, -0.2) is 19.5 Å². The first-order valence-electron chi connectivity index (χ1n) is 10.7. The fourth-order valence-electron chi connectivity index (χ4n) is 7.36. The Hall–Kier alpha value is 1.84. The average Bonchev–Trinajstić information content (AvgIpc) is 3.08. The van der Waals surface area contributed by atoms with Crippen LogP contribution < -0.4 is 0 Å². The first kappa shape index (κ1) is 26.9. The summed E-state index contributed by atoms with van der Waals surface area (Å²) < 4.78 is 5.66. The molecule has 3 aliphatic rings. The van der Waals surface area contributed by atoms with E-state index in [0.717, 1.165) is 37.9 Å².